The Hall–Kier alpha value is -3.96. The number of fused-ring (bicyclic) bond motifs is 5. The summed E-state index contributed by atoms with van der Waals surface area (Å²) >= 11 is 11.0. The number of hydrogen-bond donors (Lipinski definition) is 0. The maximum atomic E-state index is 5.89. The highest BCUT2D eigenvalue weighted by Gasteiger charge is 2.32. The lowest BCUT2D eigenvalue weighted by molar-refractivity contribution is 0.355. The monoisotopic (exact) mass is 733 g/mol. The molecule has 0 saturated heterocycles. The van der Waals surface area contributed by atoms with Gasteiger partial charge in [0.25, 0.3) is 0 Å². The van der Waals surface area contributed by atoms with E-state index in [1.165, 1.54) is 65.7 Å². The number of ether oxygens (including phenoxy) is 2. The molecule has 0 aliphatic carbocycles. The van der Waals surface area contributed by atoms with Gasteiger partial charge in [-0.15, -0.1) is 68.0 Å². The minimum absolute atomic E-state index is 0.731. The van der Waals surface area contributed by atoms with Crippen molar-refractivity contribution in [2.24, 2.45) is 0 Å². The number of aryl methyl sites for hydroxylation is 1. The van der Waals surface area contributed by atoms with Crippen molar-refractivity contribution in [3.05, 3.63) is 113 Å². The first-order chi connectivity index (χ1) is 23.6. The Balaban J connectivity index is 1.28. The van der Waals surface area contributed by atoms with Crippen molar-refractivity contribution in [1.82, 2.24) is 0 Å². The van der Waals surface area contributed by atoms with Crippen LogP contribution in [0.25, 0.3) is 59.9 Å². The van der Waals surface area contributed by atoms with Crippen LogP contribution in [0.2, 0.25) is 0 Å². The standard InChI is InChI=1S/C39H27NO2S6/c1-22-8-10-23(11-9-22)40-26-20-36(34-14-12-32(45-34)30-6-4-16-43-30)47-38(26)24-18-28(41-2)29(42-3)19-25(24)39-27(40)21-37(48-39)35-15-13-33(46-35)31-7-5-17-44-31/h4-21H,1-3H3. The Morgan fingerprint density at radius 3 is 1.35 bits per heavy atom. The Labute approximate surface area is 303 Å². The summed E-state index contributed by atoms with van der Waals surface area (Å²) in [7, 11) is 3.43. The van der Waals surface area contributed by atoms with E-state index >= 15 is 0 Å². The largest absolute Gasteiger partial charge is 0.493 e. The Morgan fingerprint density at radius 1 is 0.479 bits per heavy atom. The van der Waals surface area contributed by atoms with Crippen LogP contribution in [0.5, 0.6) is 11.5 Å². The molecule has 48 heavy (non-hydrogen) atoms. The molecule has 9 rings (SSSR count). The van der Waals surface area contributed by atoms with E-state index in [4.69, 9.17) is 9.47 Å². The van der Waals surface area contributed by atoms with E-state index < -0.39 is 0 Å². The summed E-state index contributed by atoms with van der Waals surface area (Å²) in [6, 6.07) is 35.7. The van der Waals surface area contributed by atoms with Gasteiger partial charge in [-0.25, -0.2) is 0 Å². The lowest BCUT2D eigenvalue weighted by Gasteiger charge is -2.24. The third kappa shape index (κ3) is 5.08. The van der Waals surface area contributed by atoms with Crippen molar-refractivity contribution in [2.75, 3.05) is 19.1 Å². The van der Waals surface area contributed by atoms with Crippen LogP contribution in [0, 0.1) is 6.92 Å². The molecule has 0 unspecified atom stereocenters. The molecule has 0 saturated carbocycles. The molecule has 236 valence electrons. The molecule has 7 heterocycles. The minimum Gasteiger partial charge on any atom is -0.493 e. The van der Waals surface area contributed by atoms with Gasteiger partial charge in [0.1, 0.15) is 0 Å². The predicted octanol–water partition coefficient (Wildman–Crippen LogP) is 14.2. The Morgan fingerprint density at radius 2 is 0.938 bits per heavy atom. The number of methoxy groups -OCH3 is 2. The van der Waals surface area contributed by atoms with Crippen LogP contribution in [0.4, 0.5) is 17.1 Å². The topological polar surface area (TPSA) is 21.7 Å². The van der Waals surface area contributed by atoms with Crippen molar-refractivity contribution in [1.29, 1.82) is 0 Å². The van der Waals surface area contributed by atoms with Gasteiger partial charge in [0.05, 0.1) is 35.3 Å². The average molecular weight is 734 g/mol. The highest BCUT2D eigenvalue weighted by molar-refractivity contribution is 7.28. The number of rotatable bonds is 7. The molecule has 0 amide bonds. The van der Waals surface area contributed by atoms with Crippen LogP contribution in [0.3, 0.4) is 0 Å². The van der Waals surface area contributed by atoms with Gasteiger partial charge in [-0.3, -0.25) is 0 Å². The van der Waals surface area contributed by atoms with E-state index in [0.29, 0.717) is 0 Å². The molecule has 0 atom stereocenters. The molecule has 0 spiro atoms. The summed E-state index contributed by atoms with van der Waals surface area (Å²) in [5.41, 5.74) is 7.04. The zero-order valence-electron chi connectivity index (χ0n) is 26.1. The van der Waals surface area contributed by atoms with Gasteiger partial charge in [0.15, 0.2) is 11.5 Å². The van der Waals surface area contributed by atoms with E-state index in [0.717, 1.165) is 28.3 Å². The van der Waals surface area contributed by atoms with Crippen molar-refractivity contribution < 1.29 is 9.47 Å². The second-order valence-corrected chi connectivity index (χ2v) is 17.5. The first-order valence-electron chi connectivity index (χ1n) is 15.3. The van der Waals surface area contributed by atoms with Gasteiger partial charge in [0.2, 0.25) is 0 Å². The molecule has 8 aromatic rings. The van der Waals surface area contributed by atoms with Crippen LogP contribution in [-0.2, 0) is 0 Å². The molecule has 0 radical (unpaired) electrons. The molecular weight excluding hydrogens is 707 g/mol. The van der Waals surface area contributed by atoms with E-state index in [2.05, 4.69) is 120 Å². The van der Waals surface area contributed by atoms with Crippen molar-refractivity contribution in [3.8, 4) is 71.4 Å². The van der Waals surface area contributed by atoms with E-state index in [-0.39, 0.29) is 0 Å². The SMILES string of the molecule is COc1cc2c(cc1OC)-c1sc(-c3ccc(-c4cccs4)s3)cc1N(c1ccc(C)cc1)c1cc(-c3ccc(-c4cccs4)s3)sc1-2. The first kappa shape index (κ1) is 30.1. The molecule has 1 aliphatic heterocycles. The first-order valence-corrected chi connectivity index (χ1v) is 20.3. The summed E-state index contributed by atoms with van der Waals surface area (Å²) in [6.07, 6.45) is 0. The maximum absolute atomic E-state index is 5.89. The molecule has 0 fully saturated rings. The number of anilines is 3. The van der Waals surface area contributed by atoms with Crippen molar-refractivity contribution in [2.45, 2.75) is 6.92 Å². The Bertz CT molecular complexity index is 2240. The molecule has 3 nitrogen and oxygen atoms in total. The predicted molar refractivity (Wildman–Crippen MR) is 212 cm³/mol. The second-order valence-electron chi connectivity index (χ2n) is 11.4. The van der Waals surface area contributed by atoms with Gasteiger partial charge in [0, 0.05) is 55.8 Å². The molecule has 2 aromatic carbocycles. The maximum Gasteiger partial charge on any atom is 0.161 e. The third-order valence-corrected chi connectivity index (χ3v) is 15.4. The van der Waals surface area contributed by atoms with Gasteiger partial charge < -0.3 is 14.4 Å². The molecular formula is C39H27NO2S6. The van der Waals surface area contributed by atoms with Crippen LogP contribution in [-0.4, -0.2) is 14.2 Å². The molecule has 0 N–H and O–H groups in total. The summed E-state index contributed by atoms with van der Waals surface area (Å²) < 4.78 is 11.8. The van der Waals surface area contributed by atoms with Crippen LogP contribution >= 0.6 is 68.0 Å². The van der Waals surface area contributed by atoms with Crippen molar-refractivity contribution in [3.63, 3.8) is 0 Å². The van der Waals surface area contributed by atoms with Crippen LogP contribution in [0.15, 0.2) is 108 Å². The highest BCUT2D eigenvalue weighted by Crippen LogP contribution is 2.60. The number of nitrogens with zero attached hydrogens (tertiary/aromatic N) is 1. The zero-order chi connectivity index (χ0) is 32.4. The number of thiophene rings is 6. The minimum atomic E-state index is 0.731. The fourth-order valence-corrected chi connectivity index (χ4v) is 12.3. The lowest BCUT2D eigenvalue weighted by Crippen LogP contribution is -2.08. The molecule has 9 heteroatoms. The zero-order valence-corrected chi connectivity index (χ0v) is 31.0. The van der Waals surface area contributed by atoms with Gasteiger partial charge in [-0.2, -0.15) is 0 Å². The van der Waals surface area contributed by atoms with Crippen LogP contribution < -0.4 is 14.4 Å². The van der Waals surface area contributed by atoms with Gasteiger partial charge in [-0.1, -0.05) is 29.8 Å². The molecule has 6 aromatic heterocycles. The number of hydrogen-bond acceptors (Lipinski definition) is 9. The third-order valence-electron chi connectivity index (χ3n) is 8.44. The quantitative estimate of drug-likeness (QED) is 0.163. The normalized spacial score (nSPS) is 12.0. The lowest BCUT2D eigenvalue weighted by atomic mass is 10.0. The summed E-state index contributed by atoms with van der Waals surface area (Å²) in [5.74, 6) is 1.46. The summed E-state index contributed by atoms with van der Waals surface area (Å²) in [5, 5.41) is 4.29. The van der Waals surface area contributed by atoms with Gasteiger partial charge in [-0.05, 0) is 90.5 Å². The molecule has 0 bridgehead atoms. The fraction of sp³-hybridized carbons (Fsp3) is 0.0769. The van der Waals surface area contributed by atoms with E-state index in [9.17, 15) is 0 Å². The smallest absolute Gasteiger partial charge is 0.161 e. The van der Waals surface area contributed by atoms with E-state index in [1.807, 2.05) is 45.3 Å². The fourth-order valence-electron chi connectivity index (χ4n) is 6.12. The second kappa shape index (κ2) is 12.2. The molecule has 1 aliphatic rings. The van der Waals surface area contributed by atoms with Gasteiger partial charge >= 0.3 is 0 Å². The average Bonchev–Trinajstić information content (AvgIpc) is 3.95. The summed E-state index contributed by atoms with van der Waals surface area (Å²) in [4.78, 5) is 15.2. The van der Waals surface area contributed by atoms with Crippen LogP contribution in [0.1, 0.15) is 5.56 Å². The van der Waals surface area contributed by atoms with E-state index in [1.54, 1.807) is 36.9 Å². The summed E-state index contributed by atoms with van der Waals surface area (Å²) in [6.45, 7) is 2.15. The van der Waals surface area contributed by atoms with Crippen molar-refractivity contribution >= 4 is 85.1 Å². The highest BCUT2D eigenvalue weighted by atomic mass is 32.1. The number of benzene rings is 2. The Kier molecular flexibility index (Phi) is 7.64.